The first-order valence-electron chi connectivity index (χ1n) is 10.1. The molecule has 0 unspecified atom stereocenters. The van der Waals surface area contributed by atoms with E-state index >= 15 is 0 Å². The highest BCUT2D eigenvalue weighted by atomic mass is 19.2. The molecule has 0 bridgehead atoms. The molecule has 0 aliphatic heterocycles. The van der Waals surface area contributed by atoms with Gasteiger partial charge in [-0.25, -0.2) is 8.78 Å². The van der Waals surface area contributed by atoms with Crippen molar-refractivity contribution in [3.63, 3.8) is 0 Å². The second-order valence-electron chi connectivity index (χ2n) is 7.67. The molecule has 4 rings (SSSR count). The Labute approximate surface area is 165 Å². The Kier molecular flexibility index (Phi) is 5.44. The second kappa shape index (κ2) is 8.15. The van der Waals surface area contributed by atoms with Gasteiger partial charge in [0, 0.05) is 11.5 Å². The molecule has 1 aliphatic rings. The normalized spacial score (nSPS) is 18.4. The summed E-state index contributed by atoms with van der Waals surface area (Å²) in [5, 5.41) is 2.58. The van der Waals surface area contributed by atoms with E-state index in [-0.39, 0.29) is 5.92 Å². The number of hydrogen-bond acceptors (Lipinski definition) is 0. The van der Waals surface area contributed by atoms with Crippen molar-refractivity contribution in [3.8, 4) is 11.8 Å². The Hall–Kier alpha value is -2.66. The highest BCUT2D eigenvalue weighted by Crippen LogP contribution is 2.41. The standard InChI is InChI=1S/C26H24F2/c1-2-3-6-19-11-14-23-21-8-5-4-7-20(21)12-15-24(23)22(19)13-9-18-10-16-25(27)26(28)17-18/h4-5,7-8,10,12,15-17,19,22H,2-3,6,11,14H2,1H3/t19-,22+/m1/s1. The predicted octanol–water partition coefficient (Wildman–Crippen LogP) is 7.01. The lowest BCUT2D eigenvalue weighted by Crippen LogP contribution is -2.20. The Morgan fingerprint density at radius 3 is 2.68 bits per heavy atom. The van der Waals surface area contributed by atoms with Gasteiger partial charge < -0.3 is 0 Å². The third kappa shape index (κ3) is 3.67. The van der Waals surface area contributed by atoms with Gasteiger partial charge >= 0.3 is 0 Å². The summed E-state index contributed by atoms with van der Waals surface area (Å²) in [5.74, 6) is 5.51. The van der Waals surface area contributed by atoms with Gasteiger partial charge in [0.2, 0.25) is 0 Å². The molecule has 0 aromatic heterocycles. The lowest BCUT2D eigenvalue weighted by Gasteiger charge is -2.31. The van der Waals surface area contributed by atoms with Gasteiger partial charge in [0.15, 0.2) is 11.6 Å². The van der Waals surface area contributed by atoms with Crippen LogP contribution in [0.15, 0.2) is 54.6 Å². The number of fused-ring (bicyclic) bond motifs is 3. The molecule has 0 heterocycles. The average Bonchev–Trinajstić information content (AvgIpc) is 2.73. The minimum atomic E-state index is -0.843. The van der Waals surface area contributed by atoms with Crippen LogP contribution in [0.4, 0.5) is 8.78 Å². The minimum absolute atomic E-state index is 0.132. The van der Waals surface area contributed by atoms with Gasteiger partial charge in [-0.2, -0.15) is 0 Å². The molecule has 0 fully saturated rings. The summed E-state index contributed by atoms with van der Waals surface area (Å²) < 4.78 is 26.8. The fraction of sp³-hybridized carbons (Fsp3) is 0.308. The first kappa shape index (κ1) is 18.7. The van der Waals surface area contributed by atoms with Crippen molar-refractivity contribution in [3.05, 3.63) is 82.9 Å². The molecule has 0 N–H and O–H groups in total. The van der Waals surface area contributed by atoms with Crippen molar-refractivity contribution in [1.29, 1.82) is 0 Å². The van der Waals surface area contributed by atoms with E-state index in [1.165, 1.54) is 40.8 Å². The van der Waals surface area contributed by atoms with Crippen molar-refractivity contribution >= 4 is 10.8 Å². The number of rotatable bonds is 3. The van der Waals surface area contributed by atoms with Crippen molar-refractivity contribution in [2.24, 2.45) is 5.92 Å². The fourth-order valence-electron chi connectivity index (χ4n) is 4.38. The Balaban J connectivity index is 1.76. The van der Waals surface area contributed by atoms with Gasteiger partial charge in [0.25, 0.3) is 0 Å². The zero-order chi connectivity index (χ0) is 19.5. The van der Waals surface area contributed by atoms with Gasteiger partial charge in [-0.15, -0.1) is 0 Å². The SMILES string of the molecule is CCCC[C@@H]1CCc2c(ccc3ccccc23)[C@H]1C#Cc1ccc(F)c(F)c1. The molecule has 0 radical (unpaired) electrons. The quantitative estimate of drug-likeness (QED) is 0.433. The topological polar surface area (TPSA) is 0 Å². The smallest absolute Gasteiger partial charge is 0.160 e. The number of aryl methyl sites for hydroxylation is 1. The summed E-state index contributed by atoms with van der Waals surface area (Å²) in [4.78, 5) is 0. The molecule has 0 amide bonds. The van der Waals surface area contributed by atoms with E-state index < -0.39 is 11.6 Å². The van der Waals surface area contributed by atoms with E-state index in [1.54, 1.807) is 6.07 Å². The van der Waals surface area contributed by atoms with Crippen LogP contribution in [0.25, 0.3) is 10.8 Å². The third-order valence-corrected chi connectivity index (χ3v) is 5.87. The van der Waals surface area contributed by atoms with Crippen molar-refractivity contribution in [2.45, 2.75) is 44.9 Å². The van der Waals surface area contributed by atoms with Crippen LogP contribution in [-0.2, 0) is 6.42 Å². The van der Waals surface area contributed by atoms with Crippen LogP contribution in [0.2, 0.25) is 0 Å². The number of halogens is 2. The highest BCUT2D eigenvalue weighted by molar-refractivity contribution is 5.87. The molecule has 1 aliphatic carbocycles. The van der Waals surface area contributed by atoms with Gasteiger partial charge in [-0.05, 0) is 65.3 Å². The Morgan fingerprint density at radius 2 is 1.86 bits per heavy atom. The van der Waals surface area contributed by atoms with Crippen LogP contribution in [0.1, 0.15) is 55.2 Å². The maximum absolute atomic E-state index is 13.6. The van der Waals surface area contributed by atoms with Crippen molar-refractivity contribution < 1.29 is 8.78 Å². The first-order chi connectivity index (χ1) is 13.7. The van der Waals surface area contributed by atoms with E-state index in [9.17, 15) is 8.78 Å². The van der Waals surface area contributed by atoms with E-state index in [4.69, 9.17) is 0 Å². The maximum atomic E-state index is 13.6. The average molecular weight is 374 g/mol. The van der Waals surface area contributed by atoms with E-state index in [2.05, 4.69) is 55.2 Å². The second-order valence-corrected chi connectivity index (χ2v) is 7.67. The molecule has 0 nitrogen and oxygen atoms in total. The maximum Gasteiger partial charge on any atom is 0.160 e. The molecular formula is C26H24F2. The van der Waals surface area contributed by atoms with Crippen LogP contribution in [0, 0.1) is 29.4 Å². The third-order valence-electron chi connectivity index (χ3n) is 5.87. The highest BCUT2D eigenvalue weighted by Gasteiger charge is 2.28. The molecule has 28 heavy (non-hydrogen) atoms. The summed E-state index contributed by atoms with van der Waals surface area (Å²) >= 11 is 0. The predicted molar refractivity (Wildman–Crippen MR) is 111 cm³/mol. The summed E-state index contributed by atoms with van der Waals surface area (Å²) in [7, 11) is 0. The number of benzene rings is 3. The largest absolute Gasteiger partial charge is 0.204 e. The molecular weight excluding hydrogens is 350 g/mol. The van der Waals surface area contributed by atoms with Gasteiger partial charge in [0.05, 0.1) is 0 Å². The van der Waals surface area contributed by atoms with E-state index in [0.717, 1.165) is 25.3 Å². The van der Waals surface area contributed by atoms with E-state index in [1.807, 2.05) is 0 Å². The first-order valence-corrected chi connectivity index (χ1v) is 10.1. The molecule has 3 aromatic rings. The number of unbranched alkanes of at least 4 members (excludes halogenated alkanes) is 1. The number of hydrogen-bond donors (Lipinski definition) is 0. The van der Waals surface area contributed by atoms with Gasteiger partial charge in [-0.1, -0.05) is 68.0 Å². The van der Waals surface area contributed by atoms with Crippen molar-refractivity contribution in [1.82, 2.24) is 0 Å². The van der Waals surface area contributed by atoms with Crippen molar-refractivity contribution in [2.75, 3.05) is 0 Å². The van der Waals surface area contributed by atoms with Crippen LogP contribution in [-0.4, -0.2) is 0 Å². The molecule has 3 aromatic carbocycles. The molecule has 142 valence electrons. The monoisotopic (exact) mass is 374 g/mol. The minimum Gasteiger partial charge on any atom is -0.204 e. The molecule has 0 saturated heterocycles. The van der Waals surface area contributed by atoms with Crippen LogP contribution in [0.3, 0.4) is 0 Å². The Morgan fingerprint density at radius 1 is 1.00 bits per heavy atom. The van der Waals surface area contributed by atoms with Gasteiger partial charge in [0.1, 0.15) is 0 Å². The molecule has 2 atom stereocenters. The zero-order valence-corrected chi connectivity index (χ0v) is 16.1. The lowest BCUT2D eigenvalue weighted by molar-refractivity contribution is 0.386. The van der Waals surface area contributed by atoms with Crippen LogP contribution >= 0.6 is 0 Å². The lowest BCUT2D eigenvalue weighted by atomic mass is 9.72. The summed E-state index contributed by atoms with van der Waals surface area (Å²) in [6.07, 6.45) is 5.72. The van der Waals surface area contributed by atoms with Gasteiger partial charge in [-0.3, -0.25) is 0 Å². The zero-order valence-electron chi connectivity index (χ0n) is 16.1. The molecule has 0 spiro atoms. The Bertz CT molecular complexity index is 1050. The molecule has 0 saturated carbocycles. The van der Waals surface area contributed by atoms with Crippen LogP contribution < -0.4 is 0 Å². The molecule has 2 heteroatoms. The summed E-state index contributed by atoms with van der Waals surface area (Å²) in [5.41, 5.74) is 3.23. The summed E-state index contributed by atoms with van der Waals surface area (Å²) in [6, 6.07) is 16.8. The fourth-order valence-corrected chi connectivity index (χ4v) is 4.38. The van der Waals surface area contributed by atoms with Crippen LogP contribution in [0.5, 0.6) is 0 Å². The summed E-state index contributed by atoms with van der Waals surface area (Å²) in [6.45, 7) is 2.21. The van der Waals surface area contributed by atoms with E-state index in [0.29, 0.717) is 11.5 Å².